The van der Waals surface area contributed by atoms with Gasteiger partial charge in [0.1, 0.15) is 5.25 Å². The van der Waals surface area contributed by atoms with E-state index in [0.717, 1.165) is 20.1 Å². The lowest BCUT2D eigenvalue weighted by Crippen LogP contribution is -2.31. The summed E-state index contributed by atoms with van der Waals surface area (Å²) in [5, 5.41) is -0.403. The third kappa shape index (κ3) is 2.72. The van der Waals surface area contributed by atoms with Crippen molar-refractivity contribution in [3.63, 3.8) is 0 Å². The molecule has 0 unspecified atom stereocenters. The van der Waals surface area contributed by atoms with Gasteiger partial charge in [-0.2, -0.15) is 0 Å². The Morgan fingerprint density at radius 2 is 1.88 bits per heavy atom. The summed E-state index contributed by atoms with van der Waals surface area (Å²) < 4.78 is 1.92. The van der Waals surface area contributed by atoms with Crippen molar-refractivity contribution >= 4 is 50.8 Å². The van der Waals surface area contributed by atoms with Gasteiger partial charge in [-0.1, -0.05) is 41.6 Å². The fraction of sp³-hybridized carbons (Fsp3) is 0.167. The van der Waals surface area contributed by atoms with Crippen LogP contribution in [0.5, 0.6) is 0 Å². The molecule has 3 aromatic rings. The van der Waals surface area contributed by atoms with Crippen LogP contribution in [0.1, 0.15) is 12.0 Å². The number of imide groups is 1. The van der Waals surface area contributed by atoms with Crippen LogP contribution in [0.25, 0.3) is 10.2 Å². The van der Waals surface area contributed by atoms with E-state index in [1.165, 1.54) is 16.7 Å². The van der Waals surface area contributed by atoms with Gasteiger partial charge in [0, 0.05) is 6.42 Å². The van der Waals surface area contributed by atoms with Crippen LogP contribution in [0.15, 0.2) is 52.9 Å². The van der Waals surface area contributed by atoms with Crippen LogP contribution in [0.2, 0.25) is 0 Å². The van der Waals surface area contributed by atoms with Gasteiger partial charge >= 0.3 is 0 Å². The van der Waals surface area contributed by atoms with Gasteiger partial charge in [0.2, 0.25) is 11.8 Å². The van der Waals surface area contributed by atoms with E-state index in [4.69, 9.17) is 0 Å². The average molecular weight is 354 g/mol. The van der Waals surface area contributed by atoms with E-state index in [0.29, 0.717) is 5.69 Å². The van der Waals surface area contributed by atoms with E-state index < -0.39 is 5.25 Å². The number of aryl methyl sites for hydroxylation is 1. The first kappa shape index (κ1) is 15.4. The minimum Gasteiger partial charge on any atom is -0.274 e. The highest BCUT2D eigenvalue weighted by Crippen LogP contribution is 2.37. The quantitative estimate of drug-likeness (QED) is 0.667. The summed E-state index contributed by atoms with van der Waals surface area (Å²) in [6.45, 7) is 1.98. The van der Waals surface area contributed by atoms with Gasteiger partial charge in [0.25, 0.3) is 0 Å². The predicted molar refractivity (Wildman–Crippen MR) is 97.6 cm³/mol. The minimum atomic E-state index is -0.403. The Morgan fingerprint density at radius 1 is 1.12 bits per heavy atom. The number of amides is 2. The molecule has 0 N–H and O–H groups in total. The van der Waals surface area contributed by atoms with Crippen LogP contribution in [-0.4, -0.2) is 22.0 Å². The van der Waals surface area contributed by atoms with E-state index in [-0.39, 0.29) is 18.2 Å². The molecule has 24 heavy (non-hydrogen) atoms. The standard InChI is InChI=1S/C18H14N2O2S2/c1-11-6-8-12(9-7-11)20-16(21)10-15(17(20)22)24-18-19-13-4-2-3-5-14(13)23-18/h2-9,15H,10H2,1H3/t15-/m0/s1. The lowest BCUT2D eigenvalue weighted by molar-refractivity contribution is -0.121. The fourth-order valence-electron chi connectivity index (χ4n) is 2.68. The van der Waals surface area contributed by atoms with Crippen LogP contribution in [0.3, 0.4) is 0 Å². The van der Waals surface area contributed by atoms with E-state index in [1.54, 1.807) is 11.3 Å². The second kappa shape index (κ2) is 6.03. The molecule has 2 amide bonds. The van der Waals surface area contributed by atoms with Crippen LogP contribution >= 0.6 is 23.1 Å². The topological polar surface area (TPSA) is 50.3 Å². The third-order valence-electron chi connectivity index (χ3n) is 3.91. The molecule has 1 aliphatic heterocycles. The van der Waals surface area contributed by atoms with Crippen LogP contribution in [-0.2, 0) is 9.59 Å². The van der Waals surface area contributed by atoms with Crippen molar-refractivity contribution in [2.45, 2.75) is 22.9 Å². The van der Waals surface area contributed by atoms with Crippen molar-refractivity contribution in [3.8, 4) is 0 Å². The maximum atomic E-state index is 12.7. The molecule has 120 valence electrons. The van der Waals surface area contributed by atoms with E-state index in [1.807, 2.05) is 55.5 Å². The Kier molecular flexibility index (Phi) is 3.86. The van der Waals surface area contributed by atoms with Gasteiger partial charge in [-0.25, -0.2) is 9.88 Å². The largest absolute Gasteiger partial charge is 0.274 e. The Balaban J connectivity index is 1.57. The SMILES string of the molecule is Cc1ccc(N2C(=O)C[C@H](Sc3nc4ccccc4s3)C2=O)cc1. The minimum absolute atomic E-state index is 0.150. The Labute approximate surface area is 147 Å². The van der Waals surface area contributed by atoms with Crippen LogP contribution in [0.4, 0.5) is 5.69 Å². The molecule has 1 aliphatic rings. The van der Waals surface area contributed by atoms with E-state index in [2.05, 4.69) is 4.98 Å². The highest BCUT2D eigenvalue weighted by atomic mass is 32.2. The summed E-state index contributed by atoms with van der Waals surface area (Å²) in [7, 11) is 0. The summed E-state index contributed by atoms with van der Waals surface area (Å²) in [6, 6.07) is 15.3. The Bertz CT molecular complexity index is 901. The number of thiazole rings is 1. The second-order valence-corrected chi connectivity index (χ2v) is 8.14. The molecule has 2 heterocycles. The molecule has 0 radical (unpaired) electrons. The van der Waals surface area contributed by atoms with Gasteiger partial charge in [0.05, 0.1) is 15.9 Å². The fourth-order valence-corrected chi connectivity index (χ4v) is 5.02. The van der Waals surface area contributed by atoms with E-state index >= 15 is 0 Å². The number of anilines is 1. The highest BCUT2D eigenvalue weighted by molar-refractivity contribution is 8.02. The zero-order valence-corrected chi connectivity index (χ0v) is 14.6. The number of hydrogen-bond acceptors (Lipinski definition) is 5. The summed E-state index contributed by atoms with van der Waals surface area (Å²) in [4.78, 5) is 30.8. The number of rotatable bonds is 3. The number of hydrogen-bond donors (Lipinski definition) is 0. The van der Waals surface area contributed by atoms with Crippen molar-refractivity contribution < 1.29 is 9.59 Å². The van der Waals surface area contributed by atoms with Crippen LogP contribution < -0.4 is 4.90 Å². The molecule has 4 nitrogen and oxygen atoms in total. The average Bonchev–Trinajstić information content (AvgIpc) is 3.09. The van der Waals surface area contributed by atoms with Crippen molar-refractivity contribution in [2.75, 3.05) is 4.90 Å². The van der Waals surface area contributed by atoms with Crippen molar-refractivity contribution in [3.05, 3.63) is 54.1 Å². The first-order chi connectivity index (χ1) is 11.6. The number of carbonyl (C=O) groups excluding carboxylic acids is 2. The first-order valence-electron chi connectivity index (χ1n) is 7.57. The summed E-state index contributed by atoms with van der Waals surface area (Å²) in [5.41, 5.74) is 2.67. The highest BCUT2D eigenvalue weighted by Gasteiger charge is 2.40. The number of nitrogens with zero attached hydrogens (tertiary/aromatic N) is 2. The maximum Gasteiger partial charge on any atom is 0.247 e. The molecule has 2 aromatic carbocycles. The molecule has 1 aromatic heterocycles. The summed E-state index contributed by atoms with van der Waals surface area (Å²) in [6.07, 6.45) is 0.216. The van der Waals surface area contributed by atoms with Gasteiger partial charge in [0.15, 0.2) is 4.34 Å². The first-order valence-corrected chi connectivity index (χ1v) is 9.27. The number of benzene rings is 2. The number of fused-ring (bicyclic) bond motifs is 1. The molecule has 1 fully saturated rings. The number of para-hydroxylation sites is 1. The van der Waals surface area contributed by atoms with Crippen LogP contribution in [0, 0.1) is 6.92 Å². The second-order valence-electron chi connectivity index (χ2n) is 5.66. The van der Waals surface area contributed by atoms with Gasteiger partial charge in [-0.15, -0.1) is 11.3 Å². The Morgan fingerprint density at radius 3 is 2.62 bits per heavy atom. The van der Waals surface area contributed by atoms with Gasteiger partial charge in [-0.05, 0) is 31.2 Å². The molecule has 6 heteroatoms. The smallest absolute Gasteiger partial charge is 0.247 e. The summed E-state index contributed by atoms with van der Waals surface area (Å²) >= 11 is 2.94. The number of thioether (sulfide) groups is 1. The summed E-state index contributed by atoms with van der Waals surface area (Å²) in [5.74, 6) is -0.310. The Hall–Kier alpha value is -2.18. The molecule has 1 saturated heterocycles. The molecular formula is C18H14N2O2S2. The monoisotopic (exact) mass is 354 g/mol. The zero-order valence-electron chi connectivity index (χ0n) is 12.9. The van der Waals surface area contributed by atoms with Crippen molar-refractivity contribution in [2.24, 2.45) is 0 Å². The molecule has 1 atom stereocenters. The normalized spacial score (nSPS) is 17.9. The molecule has 0 bridgehead atoms. The molecular weight excluding hydrogens is 340 g/mol. The number of aromatic nitrogens is 1. The van der Waals surface area contributed by atoms with Gasteiger partial charge in [-0.3, -0.25) is 9.59 Å². The lowest BCUT2D eigenvalue weighted by atomic mass is 10.2. The molecule has 0 aliphatic carbocycles. The maximum absolute atomic E-state index is 12.7. The third-order valence-corrected chi connectivity index (χ3v) is 6.23. The number of carbonyl (C=O) groups is 2. The molecule has 0 spiro atoms. The van der Waals surface area contributed by atoms with Crippen molar-refractivity contribution in [1.82, 2.24) is 4.98 Å². The van der Waals surface area contributed by atoms with E-state index in [9.17, 15) is 9.59 Å². The zero-order chi connectivity index (χ0) is 16.7. The molecule has 4 rings (SSSR count). The molecule has 0 saturated carbocycles. The van der Waals surface area contributed by atoms with Crippen molar-refractivity contribution in [1.29, 1.82) is 0 Å². The lowest BCUT2D eigenvalue weighted by Gasteiger charge is -2.14. The predicted octanol–water partition coefficient (Wildman–Crippen LogP) is 4.03. The van der Waals surface area contributed by atoms with Gasteiger partial charge < -0.3 is 0 Å².